The molecule has 1 heterocycles. The Labute approximate surface area is 175 Å². The lowest BCUT2D eigenvalue weighted by Gasteiger charge is -2.23. The molecule has 0 fully saturated rings. The number of aryl methyl sites for hydroxylation is 2. The molecule has 0 aromatic heterocycles. The van der Waals surface area contributed by atoms with Gasteiger partial charge in [-0.2, -0.15) is 0 Å². The molecule has 1 aliphatic rings. The molecule has 3 rings (SSSR count). The molecule has 2 aromatic rings. The van der Waals surface area contributed by atoms with E-state index in [0.29, 0.717) is 17.8 Å². The van der Waals surface area contributed by atoms with E-state index in [1.807, 2.05) is 39.0 Å². The van der Waals surface area contributed by atoms with Crippen molar-refractivity contribution in [3.05, 3.63) is 47.5 Å². The van der Waals surface area contributed by atoms with E-state index in [4.69, 9.17) is 0 Å². The van der Waals surface area contributed by atoms with Crippen LogP contribution in [0, 0.1) is 13.8 Å². The van der Waals surface area contributed by atoms with E-state index in [2.05, 4.69) is 10.6 Å². The number of rotatable bonds is 6. The van der Waals surface area contributed by atoms with E-state index in [1.54, 1.807) is 6.07 Å². The van der Waals surface area contributed by atoms with Crippen LogP contribution in [0.4, 0.5) is 11.4 Å². The third-order valence-electron chi connectivity index (χ3n) is 4.84. The van der Waals surface area contributed by atoms with E-state index < -0.39 is 9.84 Å². The third-order valence-corrected chi connectivity index (χ3v) is 8.00. The average Bonchev–Trinajstić information content (AvgIpc) is 2.68. The molecule has 0 saturated heterocycles. The van der Waals surface area contributed by atoms with Gasteiger partial charge in [0.05, 0.1) is 21.6 Å². The number of anilines is 2. The second kappa shape index (κ2) is 8.59. The number of carbonyl (C=O) groups is 2. The van der Waals surface area contributed by atoms with Gasteiger partial charge in [0, 0.05) is 17.0 Å². The molecule has 2 aromatic carbocycles. The largest absolute Gasteiger partial charge is 0.326 e. The maximum atomic E-state index is 12.7. The van der Waals surface area contributed by atoms with E-state index in [-0.39, 0.29) is 34.1 Å². The highest BCUT2D eigenvalue weighted by Gasteiger charge is 2.27. The minimum atomic E-state index is -3.66. The van der Waals surface area contributed by atoms with Crippen LogP contribution in [0.3, 0.4) is 0 Å². The van der Waals surface area contributed by atoms with Crippen molar-refractivity contribution in [1.29, 1.82) is 0 Å². The second-order valence-corrected chi connectivity index (χ2v) is 10.4. The average molecular weight is 433 g/mol. The van der Waals surface area contributed by atoms with Gasteiger partial charge in [0.1, 0.15) is 0 Å². The first kappa shape index (κ1) is 21.4. The number of hydrogen-bond acceptors (Lipinski definition) is 5. The fourth-order valence-corrected chi connectivity index (χ4v) is 5.44. The molecule has 0 radical (unpaired) electrons. The van der Waals surface area contributed by atoms with E-state index in [0.717, 1.165) is 16.0 Å². The van der Waals surface area contributed by atoms with Gasteiger partial charge in [0.25, 0.3) is 0 Å². The normalized spacial score (nSPS) is 16.1. The van der Waals surface area contributed by atoms with Crippen molar-refractivity contribution >= 4 is 44.8 Å². The number of benzene rings is 2. The number of sulfone groups is 1. The molecule has 2 amide bonds. The van der Waals surface area contributed by atoms with Crippen LogP contribution in [0.15, 0.2) is 46.2 Å². The highest BCUT2D eigenvalue weighted by Crippen LogP contribution is 2.38. The molecule has 6 nitrogen and oxygen atoms in total. The van der Waals surface area contributed by atoms with Crippen molar-refractivity contribution in [2.45, 2.75) is 48.7 Å². The predicted molar refractivity (Wildman–Crippen MR) is 116 cm³/mol. The second-order valence-electron chi connectivity index (χ2n) is 7.05. The molecule has 0 spiro atoms. The molecule has 154 valence electrons. The summed E-state index contributed by atoms with van der Waals surface area (Å²) in [6, 6.07) is 10.4. The summed E-state index contributed by atoms with van der Waals surface area (Å²) in [6.07, 6.45) is 0.553. The lowest BCUT2D eigenvalue weighted by Crippen LogP contribution is -2.28. The standard InChI is InChI=1S/C21H24N2O4S2/c1-4-17-21(25)22-16-12-15(8-9-18(16)28-17)29(26,27)11-10-19(24)23-20-13(2)6-5-7-14(20)3/h5-9,12,17H,4,10-11H2,1-3H3,(H,22,25)(H,23,24)/t17-/m1/s1. The predicted octanol–water partition coefficient (Wildman–Crippen LogP) is 3.93. The van der Waals surface area contributed by atoms with Gasteiger partial charge in [-0.05, 0) is 49.6 Å². The first-order valence-electron chi connectivity index (χ1n) is 9.41. The van der Waals surface area contributed by atoms with E-state index in [1.165, 1.54) is 23.9 Å². The Morgan fingerprint density at radius 2 is 1.86 bits per heavy atom. The Morgan fingerprint density at radius 1 is 1.17 bits per heavy atom. The molecular formula is C21H24N2O4S2. The van der Waals surface area contributed by atoms with Crippen LogP contribution in [0.2, 0.25) is 0 Å². The molecule has 1 aliphatic heterocycles. The Morgan fingerprint density at radius 3 is 2.52 bits per heavy atom. The first-order chi connectivity index (χ1) is 13.7. The Bertz CT molecular complexity index is 1040. The zero-order valence-electron chi connectivity index (χ0n) is 16.6. The van der Waals surface area contributed by atoms with Gasteiger partial charge in [-0.25, -0.2) is 8.42 Å². The molecule has 8 heteroatoms. The van der Waals surface area contributed by atoms with Crippen LogP contribution in [0.5, 0.6) is 0 Å². The fourth-order valence-electron chi connectivity index (χ4n) is 3.15. The molecular weight excluding hydrogens is 408 g/mol. The van der Waals surface area contributed by atoms with Crippen LogP contribution >= 0.6 is 11.8 Å². The maximum Gasteiger partial charge on any atom is 0.237 e. The van der Waals surface area contributed by atoms with Crippen molar-refractivity contribution in [3.8, 4) is 0 Å². The van der Waals surface area contributed by atoms with Gasteiger partial charge in [-0.3, -0.25) is 9.59 Å². The van der Waals surface area contributed by atoms with Crippen LogP contribution in [-0.2, 0) is 19.4 Å². The van der Waals surface area contributed by atoms with Gasteiger partial charge >= 0.3 is 0 Å². The number of fused-ring (bicyclic) bond motifs is 1. The number of thioether (sulfide) groups is 1. The number of carbonyl (C=O) groups excluding carboxylic acids is 2. The highest BCUT2D eigenvalue weighted by molar-refractivity contribution is 8.01. The number of amides is 2. The van der Waals surface area contributed by atoms with Gasteiger partial charge in [0.15, 0.2) is 9.84 Å². The fraction of sp³-hybridized carbons (Fsp3) is 0.333. The molecule has 0 saturated carbocycles. The summed E-state index contributed by atoms with van der Waals surface area (Å²) >= 11 is 1.44. The van der Waals surface area contributed by atoms with Gasteiger partial charge < -0.3 is 10.6 Å². The topological polar surface area (TPSA) is 92.3 Å². The highest BCUT2D eigenvalue weighted by atomic mass is 32.2. The van der Waals surface area contributed by atoms with Crippen LogP contribution in [0.25, 0.3) is 0 Å². The molecule has 0 bridgehead atoms. The quantitative estimate of drug-likeness (QED) is 0.722. The van der Waals surface area contributed by atoms with Crippen LogP contribution in [-0.4, -0.2) is 31.2 Å². The Kier molecular flexibility index (Phi) is 6.33. The van der Waals surface area contributed by atoms with E-state index in [9.17, 15) is 18.0 Å². The van der Waals surface area contributed by atoms with Crippen LogP contribution < -0.4 is 10.6 Å². The maximum absolute atomic E-state index is 12.7. The summed E-state index contributed by atoms with van der Waals surface area (Å²) in [5.74, 6) is -0.771. The summed E-state index contributed by atoms with van der Waals surface area (Å²) in [7, 11) is -3.66. The molecule has 1 atom stereocenters. The zero-order valence-corrected chi connectivity index (χ0v) is 18.2. The number of nitrogens with one attached hydrogen (secondary N) is 2. The monoisotopic (exact) mass is 432 g/mol. The van der Waals surface area contributed by atoms with Crippen molar-refractivity contribution in [2.75, 3.05) is 16.4 Å². The van der Waals surface area contributed by atoms with E-state index >= 15 is 0 Å². The summed E-state index contributed by atoms with van der Waals surface area (Å²) < 4.78 is 25.4. The number of para-hydroxylation sites is 1. The molecule has 0 aliphatic carbocycles. The van der Waals surface area contributed by atoms with Crippen LogP contribution in [0.1, 0.15) is 30.9 Å². The van der Waals surface area contributed by atoms with Crippen molar-refractivity contribution < 1.29 is 18.0 Å². The number of hydrogen-bond donors (Lipinski definition) is 2. The smallest absolute Gasteiger partial charge is 0.237 e. The summed E-state index contributed by atoms with van der Waals surface area (Å²) in [6.45, 7) is 5.72. The molecule has 29 heavy (non-hydrogen) atoms. The minimum Gasteiger partial charge on any atom is -0.326 e. The summed E-state index contributed by atoms with van der Waals surface area (Å²) in [5, 5.41) is 5.42. The SMILES string of the molecule is CC[C@H]1Sc2ccc(S(=O)(=O)CCC(=O)Nc3c(C)cccc3C)cc2NC1=O. The third kappa shape index (κ3) is 4.82. The molecule has 2 N–H and O–H groups in total. The lowest BCUT2D eigenvalue weighted by atomic mass is 10.1. The van der Waals surface area contributed by atoms with Gasteiger partial charge in [-0.1, -0.05) is 25.1 Å². The summed E-state index contributed by atoms with van der Waals surface area (Å²) in [5.41, 5.74) is 3.07. The Hall–Kier alpha value is -2.32. The minimum absolute atomic E-state index is 0.104. The zero-order chi connectivity index (χ0) is 21.2. The van der Waals surface area contributed by atoms with Crippen molar-refractivity contribution in [2.24, 2.45) is 0 Å². The summed E-state index contributed by atoms with van der Waals surface area (Å²) in [4.78, 5) is 25.3. The first-order valence-corrected chi connectivity index (χ1v) is 11.9. The van der Waals surface area contributed by atoms with Gasteiger partial charge in [0.2, 0.25) is 11.8 Å². The van der Waals surface area contributed by atoms with Crippen molar-refractivity contribution in [1.82, 2.24) is 0 Å². The van der Waals surface area contributed by atoms with Gasteiger partial charge in [-0.15, -0.1) is 11.8 Å². The molecule has 0 unspecified atom stereocenters. The lowest BCUT2D eigenvalue weighted by molar-refractivity contribution is -0.116. The Balaban J connectivity index is 1.69. The van der Waals surface area contributed by atoms with Crippen molar-refractivity contribution in [3.63, 3.8) is 0 Å².